The average Bonchev–Trinajstić information content (AvgIpc) is 3.20. The zero-order chi connectivity index (χ0) is 63.0. The third-order valence-electron chi connectivity index (χ3n) is 14.0. The third kappa shape index (κ3) is 16.8. The SMILES string of the molecule is FC(F)(F)C1CCCC1.Nc1ccc(/C=C/C(=O)CCc2cc3cc(-c4ccc(C(=O)N5CCC[C@@H]5C(F)(F)F)cn4)cc(C(F)(F)F)c3o2)cn1.Nc1ccc(/C=C/C(=O)CCc2cc3cc(-c4ccc(C(=O)O)cn4)cc(C(F)(F)F)c3o2)cn1. The summed E-state index contributed by atoms with van der Waals surface area (Å²) in [5.41, 5.74) is 9.91. The standard InChI is InChI=1S/C30H24F6N4O3.C25H18F3N3O4.C6H9F3/c31-29(32,33)23-14-19(24-9-5-18(16-38-24)28(42)40-11-1-2-25(40)30(34,35)36)12-20-13-22(43-27(20)23)8-7-21(41)6-3-17-4-10-26(37)39-15-17;26-25(27,28)20-11-16(21-7-3-15(13-30-21)24(33)34)9-17-10-19(35-23(17)20)6-5-18(32)4-1-14-2-8-22(29)31-12-14;7-6(8,9)5-3-1-2-4-5/h3-6,9-10,12-16,25H,1-2,7-8,11H2,(H2,37,39);1-4,7-13H,5-6H2,(H2,29,31)(H,33,34);5H,1-4H2/b6-3+;4-1+;/t25-;;/m1../s1. The summed E-state index contributed by atoms with van der Waals surface area (Å²) in [7, 11) is 0. The molecule has 87 heavy (non-hydrogen) atoms. The Bertz CT molecular complexity index is 3810. The zero-order valence-corrected chi connectivity index (χ0v) is 45.5. The number of likely N-dealkylation sites (tertiary alicyclic amines) is 1. The number of amides is 1. The molecular formula is C61H51F12N7O7. The van der Waals surface area contributed by atoms with Gasteiger partial charge in [-0.2, -0.15) is 52.7 Å². The van der Waals surface area contributed by atoms with E-state index in [2.05, 4.69) is 19.9 Å². The van der Waals surface area contributed by atoms with E-state index in [1.807, 2.05) is 0 Å². The van der Waals surface area contributed by atoms with Gasteiger partial charge in [0.25, 0.3) is 5.91 Å². The summed E-state index contributed by atoms with van der Waals surface area (Å²) in [5.74, 6) is -2.45. The fourth-order valence-electron chi connectivity index (χ4n) is 9.60. The van der Waals surface area contributed by atoms with Gasteiger partial charge in [0.1, 0.15) is 40.4 Å². The number of aryl methyl sites for hydroxylation is 2. The fourth-order valence-corrected chi connectivity index (χ4v) is 9.60. The first kappa shape index (κ1) is 63.7. The molecule has 0 radical (unpaired) electrons. The van der Waals surface area contributed by atoms with Crippen LogP contribution in [0.4, 0.5) is 64.3 Å². The molecule has 0 spiro atoms. The first-order chi connectivity index (χ1) is 41.0. The van der Waals surface area contributed by atoms with Crippen LogP contribution in [0.1, 0.15) is 106 Å². The Morgan fingerprint density at radius 2 is 1.01 bits per heavy atom. The molecule has 1 saturated carbocycles. The van der Waals surface area contributed by atoms with E-state index in [1.54, 1.807) is 36.4 Å². The molecule has 1 atom stereocenters. The van der Waals surface area contributed by atoms with Gasteiger partial charge in [0.15, 0.2) is 11.6 Å². The molecule has 0 unspecified atom stereocenters. The number of aromatic carboxylic acids is 1. The minimum atomic E-state index is -4.78. The minimum absolute atomic E-state index is 0.0177. The summed E-state index contributed by atoms with van der Waals surface area (Å²) in [6.07, 6.45) is -4.61. The van der Waals surface area contributed by atoms with Crippen molar-refractivity contribution in [3.05, 3.63) is 167 Å². The van der Waals surface area contributed by atoms with Gasteiger partial charge in [-0.25, -0.2) is 14.8 Å². The van der Waals surface area contributed by atoms with E-state index in [0.29, 0.717) is 35.6 Å². The number of pyridine rings is 4. The van der Waals surface area contributed by atoms with Crippen LogP contribution >= 0.6 is 0 Å². The van der Waals surface area contributed by atoms with E-state index in [-0.39, 0.29) is 118 Å². The Morgan fingerprint density at radius 1 is 0.552 bits per heavy atom. The van der Waals surface area contributed by atoms with Crippen LogP contribution in [0, 0.1) is 5.92 Å². The molecule has 2 aliphatic rings. The fraction of sp³-hybridized carbons (Fsp3) is 0.279. The van der Waals surface area contributed by atoms with Crippen molar-refractivity contribution >= 4 is 69.2 Å². The van der Waals surface area contributed by atoms with Crippen LogP contribution in [0.25, 0.3) is 56.6 Å². The Labute approximate surface area is 486 Å². The summed E-state index contributed by atoms with van der Waals surface area (Å²) >= 11 is 0. The lowest BCUT2D eigenvalue weighted by molar-refractivity contribution is -0.172. The first-order valence-corrected chi connectivity index (χ1v) is 26.7. The van der Waals surface area contributed by atoms with Gasteiger partial charge in [0, 0.05) is 78.9 Å². The summed E-state index contributed by atoms with van der Waals surface area (Å²) in [6.45, 7) is -0.0544. The third-order valence-corrected chi connectivity index (χ3v) is 14.0. The molecule has 26 heteroatoms. The molecule has 14 nitrogen and oxygen atoms in total. The van der Waals surface area contributed by atoms with E-state index in [0.717, 1.165) is 42.3 Å². The number of halogens is 12. The van der Waals surface area contributed by atoms with Gasteiger partial charge in [0.2, 0.25) is 0 Å². The molecular weight excluding hydrogens is 1170 g/mol. The first-order valence-electron chi connectivity index (χ1n) is 26.7. The lowest BCUT2D eigenvalue weighted by Crippen LogP contribution is -2.44. The highest BCUT2D eigenvalue weighted by molar-refractivity contribution is 5.96. The second-order valence-corrected chi connectivity index (χ2v) is 20.3. The van der Waals surface area contributed by atoms with Gasteiger partial charge in [0.05, 0.1) is 39.6 Å². The van der Waals surface area contributed by atoms with Gasteiger partial charge in [-0.15, -0.1) is 0 Å². The predicted octanol–water partition coefficient (Wildman–Crippen LogP) is 15.0. The van der Waals surface area contributed by atoms with E-state index in [4.69, 9.17) is 25.4 Å². The summed E-state index contributed by atoms with van der Waals surface area (Å²) in [4.78, 5) is 64.9. The maximum Gasteiger partial charge on any atom is 0.420 e. The predicted molar refractivity (Wildman–Crippen MR) is 296 cm³/mol. The second kappa shape index (κ2) is 26.5. The van der Waals surface area contributed by atoms with Gasteiger partial charge in [-0.05, 0) is 146 Å². The maximum atomic E-state index is 14.0. The molecule has 1 aliphatic heterocycles. The number of carboxylic acid groups (broad SMARTS) is 1. The second-order valence-electron chi connectivity index (χ2n) is 20.3. The number of carboxylic acids is 1. The van der Waals surface area contributed by atoms with Crippen LogP contribution in [0.3, 0.4) is 0 Å². The van der Waals surface area contributed by atoms with Crippen LogP contribution in [0.5, 0.6) is 0 Å². The lowest BCUT2D eigenvalue weighted by Gasteiger charge is -2.26. The van der Waals surface area contributed by atoms with Crippen LogP contribution in [0.2, 0.25) is 0 Å². The number of anilines is 2. The Hall–Kier alpha value is -9.36. The number of ketones is 2. The lowest BCUT2D eigenvalue weighted by atomic mass is 10.0. The number of fused-ring (bicyclic) bond motifs is 2. The van der Waals surface area contributed by atoms with Crippen molar-refractivity contribution in [3.63, 3.8) is 0 Å². The number of nitrogens with two attached hydrogens (primary N) is 2. The molecule has 8 aromatic rings. The molecule has 1 aliphatic carbocycles. The maximum absolute atomic E-state index is 14.0. The van der Waals surface area contributed by atoms with Crippen molar-refractivity contribution in [1.29, 1.82) is 0 Å². The Kier molecular flexibility index (Phi) is 19.4. The van der Waals surface area contributed by atoms with Crippen LogP contribution in [-0.4, -0.2) is 78.3 Å². The molecule has 10 rings (SSSR count). The quantitative estimate of drug-likeness (QED) is 0.0682. The topological polar surface area (TPSA) is 222 Å². The molecule has 456 valence electrons. The zero-order valence-electron chi connectivity index (χ0n) is 45.5. The Balaban J connectivity index is 0.000000200. The number of alkyl halides is 12. The van der Waals surface area contributed by atoms with Gasteiger partial charge >= 0.3 is 30.7 Å². The van der Waals surface area contributed by atoms with Crippen molar-refractivity contribution in [2.24, 2.45) is 5.92 Å². The van der Waals surface area contributed by atoms with E-state index < -0.39 is 65.3 Å². The highest BCUT2D eigenvalue weighted by Gasteiger charge is 2.48. The van der Waals surface area contributed by atoms with Crippen LogP contribution in [0.15, 0.2) is 131 Å². The number of allylic oxidation sites excluding steroid dienone is 2. The molecule has 2 aromatic carbocycles. The monoisotopic (exact) mass is 1220 g/mol. The number of hydrogen-bond donors (Lipinski definition) is 3. The number of carbonyl (C=O) groups is 4. The molecule has 5 N–H and O–H groups in total. The van der Waals surface area contributed by atoms with E-state index in [9.17, 15) is 71.9 Å². The van der Waals surface area contributed by atoms with Gasteiger partial charge < -0.3 is 30.3 Å². The molecule has 2 fully saturated rings. The van der Waals surface area contributed by atoms with Crippen LogP contribution in [-0.2, 0) is 34.8 Å². The van der Waals surface area contributed by atoms with Crippen molar-refractivity contribution in [1.82, 2.24) is 24.8 Å². The number of hydrogen-bond acceptors (Lipinski definition) is 12. The highest BCUT2D eigenvalue weighted by Crippen LogP contribution is 2.42. The number of furan rings is 2. The molecule has 7 heterocycles. The highest BCUT2D eigenvalue weighted by atomic mass is 19.4. The van der Waals surface area contributed by atoms with Crippen molar-refractivity contribution in [2.75, 3.05) is 18.0 Å². The normalized spacial score (nSPS) is 15.0. The van der Waals surface area contributed by atoms with E-state index >= 15 is 0 Å². The van der Waals surface area contributed by atoms with Gasteiger partial charge in [-0.3, -0.25) is 24.4 Å². The number of carbonyl (C=O) groups excluding carboxylic acids is 3. The summed E-state index contributed by atoms with van der Waals surface area (Å²) in [6, 6.07) is 17.4. The number of nitrogen functional groups attached to an aromatic ring is 2. The summed E-state index contributed by atoms with van der Waals surface area (Å²) in [5, 5.41) is 9.32. The van der Waals surface area contributed by atoms with Crippen molar-refractivity contribution in [2.45, 2.75) is 95.0 Å². The summed E-state index contributed by atoms with van der Waals surface area (Å²) < 4.78 is 169. The smallest absolute Gasteiger partial charge is 0.420 e. The Morgan fingerprint density at radius 3 is 1.38 bits per heavy atom. The molecule has 1 amide bonds. The van der Waals surface area contributed by atoms with Crippen molar-refractivity contribution < 1.29 is 85.8 Å². The molecule has 6 aromatic heterocycles. The number of aromatic nitrogens is 4. The molecule has 1 saturated heterocycles. The largest absolute Gasteiger partial charge is 0.478 e. The van der Waals surface area contributed by atoms with Crippen molar-refractivity contribution in [3.8, 4) is 22.5 Å². The number of nitrogens with zero attached hydrogens (tertiary/aromatic N) is 5. The van der Waals surface area contributed by atoms with E-state index in [1.165, 1.54) is 73.1 Å². The van der Waals surface area contributed by atoms with Crippen LogP contribution < -0.4 is 11.5 Å². The minimum Gasteiger partial charge on any atom is -0.478 e. The average molecular weight is 1220 g/mol. The number of benzene rings is 2. The molecule has 0 bridgehead atoms. The van der Waals surface area contributed by atoms with Gasteiger partial charge in [-0.1, -0.05) is 12.8 Å². The number of rotatable bonds is 14.